The van der Waals surface area contributed by atoms with Gasteiger partial charge in [-0.3, -0.25) is 4.79 Å². The third-order valence-corrected chi connectivity index (χ3v) is 4.56. The van der Waals surface area contributed by atoms with Gasteiger partial charge in [-0.2, -0.15) is 9.94 Å². The maximum Gasteiger partial charge on any atom is 0.235 e. The first-order valence-corrected chi connectivity index (χ1v) is 8.38. The number of benzene rings is 1. The number of nitrogens with one attached hydrogen (secondary N) is 1. The lowest BCUT2D eigenvalue weighted by Gasteiger charge is -2.04. The number of thioether (sulfide) groups is 1. The van der Waals surface area contributed by atoms with Crippen molar-refractivity contribution in [2.24, 2.45) is 0 Å². The molecule has 0 radical (unpaired) electrons. The zero-order chi connectivity index (χ0) is 16.1. The quantitative estimate of drug-likeness (QED) is 0.715. The Labute approximate surface area is 139 Å². The number of rotatable bonds is 5. The van der Waals surface area contributed by atoms with Crippen LogP contribution in [0.5, 0.6) is 0 Å². The lowest BCUT2D eigenvalue weighted by molar-refractivity contribution is -0.113. The van der Waals surface area contributed by atoms with Gasteiger partial charge in [0.05, 0.1) is 17.0 Å². The topological polar surface area (TPSA) is 96.5 Å². The summed E-state index contributed by atoms with van der Waals surface area (Å²) in [4.78, 5) is 12.0. The Bertz CT molecular complexity index is 852. The summed E-state index contributed by atoms with van der Waals surface area (Å²) in [7, 11) is 0. The summed E-state index contributed by atoms with van der Waals surface area (Å²) in [6, 6.07) is 13.1. The number of nitrogens with zero attached hydrogens (tertiary/aromatic N) is 5. The molecule has 0 spiro atoms. The highest BCUT2D eigenvalue weighted by atomic mass is 32.2. The van der Waals surface area contributed by atoms with Crippen molar-refractivity contribution in [2.45, 2.75) is 5.16 Å². The van der Waals surface area contributed by atoms with E-state index in [0.29, 0.717) is 15.7 Å². The van der Waals surface area contributed by atoms with Gasteiger partial charge in [0.2, 0.25) is 11.1 Å². The Hall–Kier alpha value is -2.70. The fourth-order valence-electron chi connectivity index (χ4n) is 1.79. The number of carbonyl (C=O) groups excluding carboxylic acids is 1. The summed E-state index contributed by atoms with van der Waals surface area (Å²) in [6.07, 6.45) is 0. The molecule has 0 aliphatic heterocycles. The molecule has 0 saturated heterocycles. The van der Waals surface area contributed by atoms with E-state index < -0.39 is 0 Å². The summed E-state index contributed by atoms with van der Waals surface area (Å²) < 4.78 is 1.57. The molecular formula is C14H10N6OS2. The van der Waals surface area contributed by atoms with Gasteiger partial charge in [-0.15, -0.1) is 16.4 Å². The molecule has 1 amide bonds. The van der Waals surface area contributed by atoms with Gasteiger partial charge >= 0.3 is 0 Å². The highest BCUT2D eigenvalue weighted by Crippen LogP contribution is 2.23. The van der Waals surface area contributed by atoms with Crippen molar-refractivity contribution in [2.75, 3.05) is 11.1 Å². The van der Waals surface area contributed by atoms with E-state index >= 15 is 0 Å². The van der Waals surface area contributed by atoms with Gasteiger partial charge in [-0.1, -0.05) is 30.0 Å². The minimum absolute atomic E-state index is 0.149. The highest BCUT2D eigenvalue weighted by molar-refractivity contribution is 7.99. The summed E-state index contributed by atoms with van der Waals surface area (Å²) in [5.41, 5.74) is 1.29. The van der Waals surface area contributed by atoms with E-state index in [-0.39, 0.29) is 11.7 Å². The van der Waals surface area contributed by atoms with Crippen LogP contribution in [0, 0.1) is 11.3 Å². The number of hydrogen-bond acceptors (Lipinski definition) is 7. The smallest absolute Gasteiger partial charge is 0.235 e. The number of carbonyl (C=O) groups is 1. The van der Waals surface area contributed by atoms with E-state index in [1.165, 1.54) is 23.1 Å². The van der Waals surface area contributed by atoms with Gasteiger partial charge in [0.1, 0.15) is 11.1 Å². The van der Waals surface area contributed by atoms with E-state index in [9.17, 15) is 4.79 Å². The van der Waals surface area contributed by atoms with E-state index in [0.717, 1.165) is 5.69 Å². The highest BCUT2D eigenvalue weighted by Gasteiger charge is 2.13. The molecule has 23 heavy (non-hydrogen) atoms. The predicted molar refractivity (Wildman–Crippen MR) is 87.5 cm³/mol. The van der Waals surface area contributed by atoms with Gasteiger partial charge in [-0.25, -0.2) is 0 Å². The second kappa shape index (κ2) is 7.04. The Kier molecular flexibility index (Phi) is 4.65. The molecule has 2 aromatic heterocycles. The van der Waals surface area contributed by atoms with Crippen molar-refractivity contribution >= 4 is 34.0 Å². The fourth-order valence-corrected chi connectivity index (χ4v) is 3.23. The van der Waals surface area contributed by atoms with E-state index in [1.54, 1.807) is 16.1 Å². The second-order valence-corrected chi connectivity index (χ2v) is 6.18. The van der Waals surface area contributed by atoms with Gasteiger partial charge in [-0.05, 0) is 34.0 Å². The number of aromatic nitrogens is 4. The lowest BCUT2D eigenvalue weighted by atomic mass is 10.3. The van der Waals surface area contributed by atoms with E-state index in [2.05, 4.69) is 20.8 Å². The first kappa shape index (κ1) is 15.2. The minimum atomic E-state index is -0.212. The van der Waals surface area contributed by atoms with E-state index in [4.69, 9.17) is 5.26 Å². The third-order valence-electron chi connectivity index (χ3n) is 2.81. The van der Waals surface area contributed by atoms with Crippen LogP contribution in [-0.2, 0) is 4.79 Å². The van der Waals surface area contributed by atoms with Crippen molar-refractivity contribution < 1.29 is 4.79 Å². The maximum atomic E-state index is 12.0. The number of hydrogen-bond donors (Lipinski definition) is 1. The number of nitriles is 1. The maximum absolute atomic E-state index is 12.0. The summed E-state index contributed by atoms with van der Waals surface area (Å²) in [5, 5.41) is 26.0. The number of tetrazole rings is 1. The second-order valence-electron chi connectivity index (χ2n) is 4.32. The Morgan fingerprint density at radius 3 is 2.96 bits per heavy atom. The first-order valence-electron chi connectivity index (χ1n) is 6.52. The van der Waals surface area contributed by atoms with Crippen LogP contribution in [0.3, 0.4) is 0 Å². The third kappa shape index (κ3) is 3.56. The van der Waals surface area contributed by atoms with E-state index in [1.807, 2.05) is 36.4 Å². The zero-order valence-electron chi connectivity index (χ0n) is 11.7. The molecule has 9 heteroatoms. The molecule has 114 valence electrons. The molecule has 0 aliphatic rings. The van der Waals surface area contributed by atoms with Crippen molar-refractivity contribution in [3.8, 4) is 11.8 Å². The molecule has 0 unspecified atom stereocenters. The molecule has 1 aromatic carbocycles. The molecule has 3 rings (SSSR count). The number of amides is 1. The molecule has 0 bridgehead atoms. The zero-order valence-corrected chi connectivity index (χ0v) is 13.3. The molecule has 1 N–H and O–H groups in total. The number of thiophene rings is 1. The van der Waals surface area contributed by atoms with Crippen molar-refractivity contribution in [1.82, 2.24) is 20.2 Å². The van der Waals surface area contributed by atoms with Crippen molar-refractivity contribution in [3.05, 3.63) is 47.3 Å². The minimum Gasteiger partial charge on any atom is -0.316 e. The number of anilines is 1. The molecule has 2 heterocycles. The molecular weight excluding hydrogens is 332 g/mol. The average molecular weight is 342 g/mol. The van der Waals surface area contributed by atoms with Gasteiger partial charge < -0.3 is 5.32 Å². The standard InChI is InChI=1S/C14H10N6OS2/c15-8-10-6-7-22-13(10)16-12(21)9-23-14-17-18-19-20(14)11-4-2-1-3-5-11/h1-7H,9H2,(H,16,21). The molecule has 0 aliphatic carbocycles. The van der Waals surface area contributed by atoms with Crippen molar-refractivity contribution in [3.63, 3.8) is 0 Å². The van der Waals surface area contributed by atoms with Crippen LogP contribution in [0.4, 0.5) is 5.00 Å². The first-order chi connectivity index (χ1) is 11.3. The van der Waals surface area contributed by atoms with Crippen LogP contribution in [0.15, 0.2) is 46.9 Å². The molecule has 0 saturated carbocycles. The van der Waals surface area contributed by atoms with Crippen LogP contribution in [0.25, 0.3) is 5.69 Å². The Morgan fingerprint density at radius 2 is 2.17 bits per heavy atom. The van der Waals surface area contributed by atoms with Gasteiger partial charge in [0.25, 0.3) is 0 Å². The number of para-hydroxylation sites is 1. The lowest BCUT2D eigenvalue weighted by Crippen LogP contribution is -2.14. The van der Waals surface area contributed by atoms with Crippen molar-refractivity contribution in [1.29, 1.82) is 5.26 Å². The fraction of sp³-hybridized carbons (Fsp3) is 0.0714. The molecule has 0 fully saturated rings. The van der Waals surface area contributed by atoms with Gasteiger partial charge in [0.15, 0.2) is 0 Å². The summed E-state index contributed by atoms with van der Waals surface area (Å²) in [6.45, 7) is 0. The van der Waals surface area contributed by atoms with Crippen LogP contribution in [0.1, 0.15) is 5.56 Å². The Morgan fingerprint density at radius 1 is 1.35 bits per heavy atom. The summed E-state index contributed by atoms with van der Waals surface area (Å²) in [5.74, 6) is -0.0627. The van der Waals surface area contributed by atoms with Crippen LogP contribution < -0.4 is 5.32 Å². The Balaban J connectivity index is 1.65. The molecule has 0 atom stereocenters. The molecule has 7 nitrogen and oxygen atoms in total. The normalized spacial score (nSPS) is 10.2. The predicted octanol–water partition coefficient (Wildman–Crippen LogP) is 2.33. The monoisotopic (exact) mass is 342 g/mol. The van der Waals surface area contributed by atoms with Crippen LogP contribution in [-0.4, -0.2) is 31.9 Å². The summed E-state index contributed by atoms with van der Waals surface area (Å²) >= 11 is 2.55. The van der Waals surface area contributed by atoms with Crippen LogP contribution in [0.2, 0.25) is 0 Å². The van der Waals surface area contributed by atoms with Crippen LogP contribution >= 0.6 is 23.1 Å². The van der Waals surface area contributed by atoms with Gasteiger partial charge in [0, 0.05) is 0 Å². The SMILES string of the molecule is N#Cc1ccsc1NC(=O)CSc1nnnn1-c1ccccc1. The average Bonchev–Trinajstić information content (AvgIpc) is 3.22. The largest absolute Gasteiger partial charge is 0.316 e. The molecule has 3 aromatic rings.